The van der Waals surface area contributed by atoms with Crippen molar-refractivity contribution in [1.29, 1.82) is 5.26 Å². The number of carbonyl (C=O) groups excluding carboxylic acids is 2. The van der Waals surface area contributed by atoms with E-state index >= 15 is 0 Å². The Bertz CT molecular complexity index is 1090. The number of aryl methyl sites for hydroxylation is 2. The second-order valence-corrected chi connectivity index (χ2v) is 7.93. The molecule has 0 radical (unpaired) electrons. The second-order valence-electron chi connectivity index (χ2n) is 7.52. The maximum absolute atomic E-state index is 12.9. The lowest BCUT2D eigenvalue weighted by Crippen LogP contribution is -2.51. The van der Waals surface area contributed by atoms with Gasteiger partial charge in [-0.1, -0.05) is 17.7 Å². The molecule has 1 heterocycles. The fraction of sp³-hybridized carbons (Fsp3) is 0.400. The molecule has 1 atom stereocenters. The minimum atomic E-state index is -4.90. The van der Waals surface area contributed by atoms with E-state index in [1.54, 1.807) is 20.0 Å². The first-order valence-electron chi connectivity index (χ1n) is 9.50. The normalized spacial score (nSPS) is 15.4. The van der Waals surface area contributed by atoms with E-state index in [-0.39, 0.29) is 17.1 Å². The molecule has 0 bridgehead atoms. The van der Waals surface area contributed by atoms with Crippen molar-refractivity contribution in [3.63, 3.8) is 0 Å². The van der Waals surface area contributed by atoms with Gasteiger partial charge in [0.15, 0.2) is 0 Å². The molecule has 1 fully saturated rings. The molecule has 3 rings (SSSR count). The van der Waals surface area contributed by atoms with Crippen molar-refractivity contribution < 1.29 is 27.5 Å². The van der Waals surface area contributed by atoms with Crippen LogP contribution in [-0.4, -0.2) is 39.5 Å². The van der Waals surface area contributed by atoms with Crippen molar-refractivity contribution in [3.8, 4) is 11.8 Å². The van der Waals surface area contributed by atoms with Crippen LogP contribution < -0.4 is 15.4 Å². The molecule has 12 heteroatoms. The van der Waals surface area contributed by atoms with Crippen LogP contribution in [0.1, 0.15) is 34.6 Å². The number of alkyl halides is 3. The lowest BCUT2D eigenvalue weighted by atomic mass is 10.0. The summed E-state index contributed by atoms with van der Waals surface area (Å²) in [7, 11) is 1.57. The summed E-state index contributed by atoms with van der Waals surface area (Å²) in [5.74, 6) is -1.75. The van der Waals surface area contributed by atoms with E-state index < -0.39 is 35.5 Å². The van der Waals surface area contributed by atoms with E-state index in [4.69, 9.17) is 11.6 Å². The van der Waals surface area contributed by atoms with E-state index in [9.17, 15) is 28.0 Å². The first kappa shape index (κ1) is 23.4. The summed E-state index contributed by atoms with van der Waals surface area (Å²) in [6, 6.07) is 6.03. The van der Waals surface area contributed by atoms with E-state index in [2.05, 4.69) is 20.5 Å². The predicted molar refractivity (Wildman–Crippen MR) is 107 cm³/mol. The van der Waals surface area contributed by atoms with Gasteiger partial charge >= 0.3 is 6.36 Å². The van der Waals surface area contributed by atoms with Crippen LogP contribution in [0.3, 0.4) is 0 Å². The summed E-state index contributed by atoms with van der Waals surface area (Å²) in [5.41, 5.74) is 0.236. The average molecular weight is 470 g/mol. The van der Waals surface area contributed by atoms with E-state index in [1.807, 2.05) is 6.07 Å². The Balaban J connectivity index is 1.81. The Kier molecular flexibility index (Phi) is 6.37. The van der Waals surface area contributed by atoms with Crippen LogP contribution in [0.4, 0.5) is 13.2 Å². The molecule has 1 aliphatic rings. The van der Waals surface area contributed by atoms with Crippen LogP contribution in [0, 0.1) is 18.3 Å². The number of nitriles is 1. The van der Waals surface area contributed by atoms with Gasteiger partial charge in [-0.05, 0) is 43.5 Å². The number of halogens is 4. The summed E-state index contributed by atoms with van der Waals surface area (Å²) in [6.07, 6.45) is -4.00. The molecule has 32 heavy (non-hydrogen) atoms. The minimum Gasteiger partial charge on any atom is -0.404 e. The first-order valence-corrected chi connectivity index (χ1v) is 9.88. The predicted octanol–water partition coefficient (Wildman–Crippen LogP) is 2.79. The van der Waals surface area contributed by atoms with Gasteiger partial charge in [0, 0.05) is 13.5 Å². The molecule has 1 aliphatic carbocycles. The lowest BCUT2D eigenvalue weighted by Gasteiger charge is -2.21. The molecular weight excluding hydrogens is 451 g/mol. The topological polar surface area (TPSA) is 109 Å². The first-order chi connectivity index (χ1) is 14.9. The molecule has 1 saturated carbocycles. The van der Waals surface area contributed by atoms with E-state index in [0.29, 0.717) is 24.1 Å². The van der Waals surface area contributed by atoms with Crippen LogP contribution in [0.5, 0.6) is 5.75 Å². The smallest absolute Gasteiger partial charge is 0.404 e. The number of hydrogen-bond acceptors (Lipinski definition) is 5. The number of aromatic nitrogens is 2. The summed E-state index contributed by atoms with van der Waals surface area (Å²) in [6.45, 7) is 1.71. The highest BCUT2D eigenvalue weighted by Gasteiger charge is 2.45. The minimum absolute atomic E-state index is 0.0814. The standard InChI is InChI=1S/C20H19ClF3N5O3/c1-11-7-15(29(2)28-11)18(31)26-14(17(30)27-19(10-25)5-6-19)9-12-3-4-16(13(21)8-12)32-20(22,23)24/h3-4,7-8,14H,5-6,9H2,1-2H3,(H,26,31)(H,27,30). The van der Waals surface area contributed by atoms with Gasteiger partial charge in [0.05, 0.1) is 16.8 Å². The van der Waals surface area contributed by atoms with E-state index in [1.165, 1.54) is 16.8 Å². The summed E-state index contributed by atoms with van der Waals surface area (Å²) in [4.78, 5) is 25.6. The van der Waals surface area contributed by atoms with Gasteiger partial charge in [-0.15, -0.1) is 13.2 Å². The molecule has 0 aliphatic heterocycles. The Morgan fingerprint density at radius 2 is 2.06 bits per heavy atom. The Morgan fingerprint density at radius 3 is 2.56 bits per heavy atom. The zero-order chi connectivity index (χ0) is 23.7. The Morgan fingerprint density at radius 1 is 1.38 bits per heavy atom. The third kappa shape index (κ3) is 5.70. The molecule has 170 valence electrons. The van der Waals surface area contributed by atoms with E-state index in [0.717, 1.165) is 6.07 Å². The highest BCUT2D eigenvalue weighted by molar-refractivity contribution is 6.32. The molecule has 1 aromatic heterocycles. The highest BCUT2D eigenvalue weighted by atomic mass is 35.5. The monoisotopic (exact) mass is 469 g/mol. The van der Waals surface area contributed by atoms with Gasteiger partial charge in [-0.3, -0.25) is 14.3 Å². The molecular formula is C20H19ClF3N5O3. The van der Waals surface area contributed by atoms with Gasteiger partial charge < -0.3 is 15.4 Å². The maximum atomic E-state index is 12.9. The molecule has 8 nitrogen and oxygen atoms in total. The van der Waals surface area contributed by atoms with Gasteiger partial charge in [0.2, 0.25) is 5.91 Å². The van der Waals surface area contributed by atoms with Gasteiger partial charge in [0.25, 0.3) is 5.91 Å². The number of amides is 2. The van der Waals surface area contributed by atoms with Crippen LogP contribution in [0.25, 0.3) is 0 Å². The van der Waals surface area contributed by atoms with Crippen molar-refractivity contribution >= 4 is 23.4 Å². The fourth-order valence-electron chi connectivity index (χ4n) is 3.09. The van der Waals surface area contributed by atoms with Crippen molar-refractivity contribution in [2.75, 3.05) is 0 Å². The van der Waals surface area contributed by atoms with Crippen LogP contribution in [-0.2, 0) is 18.3 Å². The van der Waals surface area contributed by atoms with Crippen LogP contribution in [0.2, 0.25) is 5.02 Å². The summed E-state index contributed by atoms with van der Waals surface area (Å²) < 4.78 is 42.6. The third-order valence-electron chi connectivity index (χ3n) is 4.84. The van der Waals surface area contributed by atoms with Crippen molar-refractivity contribution in [1.82, 2.24) is 20.4 Å². The highest BCUT2D eigenvalue weighted by Crippen LogP contribution is 2.34. The average Bonchev–Trinajstić information content (AvgIpc) is 3.37. The molecule has 2 aromatic rings. The number of nitrogens with one attached hydrogen (secondary N) is 2. The molecule has 2 amide bonds. The number of carbonyl (C=O) groups is 2. The molecule has 1 aromatic carbocycles. The lowest BCUT2D eigenvalue weighted by molar-refractivity contribution is -0.274. The van der Waals surface area contributed by atoms with Gasteiger partial charge in [-0.2, -0.15) is 10.4 Å². The van der Waals surface area contributed by atoms with Crippen molar-refractivity contribution in [2.45, 2.75) is 44.1 Å². The fourth-order valence-corrected chi connectivity index (χ4v) is 3.33. The number of ether oxygens (including phenoxy) is 1. The molecule has 2 N–H and O–H groups in total. The molecule has 0 saturated heterocycles. The van der Waals surface area contributed by atoms with Crippen LogP contribution >= 0.6 is 11.6 Å². The SMILES string of the molecule is Cc1cc(C(=O)NC(Cc2ccc(OC(F)(F)F)c(Cl)c2)C(=O)NC2(C#N)CC2)n(C)n1. The second kappa shape index (κ2) is 8.70. The quantitative estimate of drug-likeness (QED) is 0.648. The maximum Gasteiger partial charge on any atom is 0.573 e. The number of benzene rings is 1. The molecule has 0 spiro atoms. The van der Waals surface area contributed by atoms with Crippen molar-refractivity contribution in [3.05, 3.63) is 46.2 Å². The zero-order valence-corrected chi connectivity index (χ0v) is 17.8. The summed E-state index contributed by atoms with van der Waals surface area (Å²) >= 11 is 5.89. The molecule has 1 unspecified atom stereocenters. The Hall–Kier alpha value is -3.26. The van der Waals surface area contributed by atoms with Gasteiger partial charge in [-0.25, -0.2) is 0 Å². The number of rotatable bonds is 7. The zero-order valence-electron chi connectivity index (χ0n) is 17.1. The summed E-state index contributed by atoms with van der Waals surface area (Å²) in [5, 5.41) is 18.3. The number of hydrogen-bond donors (Lipinski definition) is 2. The third-order valence-corrected chi connectivity index (χ3v) is 5.14. The van der Waals surface area contributed by atoms with Gasteiger partial charge in [0.1, 0.15) is 23.0 Å². The van der Waals surface area contributed by atoms with Crippen LogP contribution in [0.15, 0.2) is 24.3 Å². The largest absolute Gasteiger partial charge is 0.573 e. The van der Waals surface area contributed by atoms with Crippen molar-refractivity contribution in [2.24, 2.45) is 7.05 Å². The number of nitrogens with zero attached hydrogens (tertiary/aromatic N) is 3. The Labute approximate surface area is 186 Å².